The van der Waals surface area contributed by atoms with Gasteiger partial charge in [0, 0.05) is 36.4 Å². The lowest BCUT2D eigenvalue weighted by molar-refractivity contribution is 0.0642. The van der Waals surface area contributed by atoms with Gasteiger partial charge in [0.15, 0.2) is 0 Å². The van der Waals surface area contributed by atoms with Crippen molar-refractivity contribution in [3.63, 3.8) is 0 Å². The number of amides is 1. The topological polar surface area (TPSA) is 51.2 Å². The first kappa shape index (κ1) is 16.2. The van der Waals surface area contributed by atoms with Gasteiger partial charge in [0.1, 0.15) is 5.15 Å². The molecule has 0 bridgehead atoms. The highest BCUT2D eigenvalue weighted by Gasteiger charge is 2.20. The number of pyridine rings is 1. The Labute approximate surface area is 131 Å². The van der Waals surface area contributed by atoms with Crippen LogP contribution in [0.4, 0.5) is 0 Å². The standard InChI is InChI=1S/C16H23ClN2O2/c1-16(2,3)13-8-12(9-14(17)19-13)15(20)18-10-11-4-6-21-7-5-11/h8-9,11H,4-7,10H2,1-3H3,(H,18,20). The van der Waals surface area contributed by atoms with Crippen molar-refractivity contribution in [3.8, 4) is 0 Å². The highest BCUT2D eigenvalue weighted by molar-refractivity contribution is 6.29. The van der Waals surface area contributed by atoms with Crippen molar-refractivity contribution in [2.24, 2.45) is 5.92 Å². The molecule has 1 saturated heterocycles. The van der Waals surface area contributed by atoms with E-state index in [-0.39, 0.29) is 11.3 Å². The third-order valence-corrected chi connectivity index (χ3v) is 3.91. The monoisotopic (exact) mass is 310 g/mol. The third kappa shape index (κ3) is 4.68. The van der Waals surface area contributed by atoms with Gasteiger partial charge in [0.25, 0.3) is 5.91 Å². The Bertz CT molecular complexity index is 505. The van der Waals surface area contributed by atoms with Crippen molar-refractivity contribution in [1.82, 2.24) is 10.3 Å². The second kappa shape index (κ2) is 6.75. The van der Waals surface area contributed by atoms with Crippen LogP contribution in [0.3, 0.4) is 0 Å². The van der Waals surface area contributed by atoms with Crippen molar-refractivity contribution in [3.05, 3.63) is 28.5 Å². The van der Waals surface area contributed by atoms with E-state index >= 15 is 0 Å². The molecule has 0 aromatic carbocycles. The molecule has 1 N–H and O–H groups in total. The Balaban J connectivity index is 2.03. The lowest BCUT2D eigenvalue weighted by Crippen LogP contribution is -2.32. The largest absolute Gasteiger partial charge is 0.381 e. The molecule has 0 radical (unpaired) electrons. The van der Waals surface area contributed by atoms with E-state index < -0.39 is 0 Å². The summed E-state index contributed by atoms with van der Waals surface area (Å²) in [5, 5.41) is 3.35. The van der Waals surface area contributed by atoms with Crippen LogP contribution in [-0.4, -0.2) is 30.6 Å². The third-order valence-electron chi connectivity index (χ3n) is 3.72. The van der Waals surface area contributed by atoms with Crippen molar-refractivity contribution in [2.45, 2.75) is 39.0 Å². The van der Waals surface area contributed by atoms with Gasteiger partial charge in [0.2, 0.25) is 0 Å². The van der Waals surface area contributed by atoms with E-state index in [9.17, 15) is 4.79 Å². The molecule has 1 aromatic heterocycles. The Kier molecular flexibility index (Phi) is 5.22. The van der Waals surface area contributed by atoms with Crippen LogP contribution in [0.25, 0.3) is 0 Å². The predicted molar refractivity (Wildman–Crippen MR) is 83.8 cm³/mol. The first-order valence-electron chi connectivity index (χ1n) is 7.40. The molecule has 0 atom stereocenters. The molecule has 1 fully saturated rings. The van der Waals surface area contributed by atoms with Gasteiger partial charge < -0.3 is 10.1 Å². The first-order chi connectivity index (χ1) is 9.86. The molecule has 2 rings (SSSR count). The van der Waals surface area contributed by atoms with Crippen molar-refractivity contribution in [2.75, 3.05) is 19.8 Å². The molecule has 1 aliphatic rings. The molecule has 4 nitrogen and oxygen atoms in total. The van der Waals surface area contributed by atoms with E-state index in [4.69, 9.17) is 16.3 Å². The number of ether oxygens (including phenoxy) is 1. The number of rotatable bonds is 3. The van der Waals surface area contributed by atoms with Gasteiger partial charge in [-0.25, -0.2) is 4.98 Å². The van der Waals surface area contributed by atoms with Crippen LogP contribution in [0, 0.1) is 5.92 Å². The van der Waals surface area contributed by atoms with Crippen LogP contribution in [-0.2, 0) is 10.2 Å². The minimum atomic E-state index is -0.138. The number of aromatic nitrogens is 1. The Morgan fingerprint density at radius 1 is 1.38 bits per heavy atom. The molecule has 1 amide bonds. The van der Waals surface area contributed by atoms with Gasteiger partial charge in [-0.05, 0) is 30.9 Å². The average Bonchev–Trinajstić information content (AvgIpc) is 2.44. The summed E-state index contributed by atoms with van der Waals surface area (Å²) in [5.74, 6) is 0.415. The molecule has 1 aliphatic heterocycles. The molecule has 0 aliphatic carbocycles. The van der Waals surface area contributed by atoms with E-state index in [1.165, 1.54) is 0 Å². The van der Waals surface area contributed by atoms with E-state index in [1.54, 1.807) is 6.07 Å². The van der Waals surface area contributed by atoms with E-state index in [0.29, 0.717) is 23.2 Å². The van der Waals surface area contributed by atoms with Crippen LogP contribution < -0.4 is 5.32 Å². The summed E-state index contributed by atoms with van der Waals surface area (Å²) in [4.78, 5) is 16.6. The molecular weight excluding hydrogens is 288 g/mol. The molecule has 21 heavy (non-hydrogen) atoms. The van der Waals surface area contributed by atoms with Gasteiger partial charge in [-0.15, -0.1) is 0 Å². The molecule has 0 unspecified atom stereocenters. The fourth-order valence-electron chi connectivity index (χ4n) is 2.30. The summed E-state index contributed by atoms with van der Waals surface area (Å²) in [5.41, 5.74) is 1.26. The van der Waals surface area contributed by atoms with Crippen molar-refractivity contribution < 1.29 is 9.53 Å². The molecule has 1 aromatic rings. The summed E-state index contributed by atoms with van der Waals surface area (Å²) >= 11 is 6.04. The van der Waals surface area contributed by atoms with Crippen LogP contribution in [0.5, 0.6) is 0 Å². The lowest BCUT2D eigenvalue weighted by atomic mass is 9.91. The summed E-state index contributed by atoms with van der Waals surface area (Å²) in [6, 6.07) is 3.45. The number of hydrogen-bond donors (Lipinski definition) is 1. The number of nitrogens with one attached hydrogen (secondary N) is 1. The van der Waals surface area contributed by atoms with Crippen molar-refractivity contribution in [1.29, 1.82) is 0 Å². The van der Waals surface area contributed by atoms with Gasteiger partial charge in [-0.1, -0.05) is 32.4 Å². The SMILES string of the molecule is CC(C)(C)c1cc(C(=O)NCC2CCOCC2)cc(Cl)n1. The highest BCUT2D eigenvalue weighted by Crippen LogP contribution is 2.23. The Morgan fingerprint density at radius 3 is 2.67 bits per heavy atom. The maximum absolute atomic E-state index is 12.3. The highest BCUT2D eigenvalue weighted by atomic mass is 35.5. The van der Waals surface area contributed by atoms with E-state index in [1.807, 2.05) is 6.07 Å². The number of carbonyl (C=O) groups is 1. The number of hydrogen-bond acceptors (Lipinski definition) is 3. The molecule has 2 heterocycles. The second-order valence-electron chi connectivity index (χ2n) is 6.58. The van der Waals surface area contributed by atoms with Gasteiger partial charge in [0.05, 0.1) is 0 Å². The fraction of sp³-hybridized carbons (Fsp3) is 0.625. The zero-order chi connectivity index (χ0) is 15.5. The minimum Gasteiger partial charge on any atom is -0.381 e. The van der Waals surface area contributed by atoms with Gasteiger partial charge in [-0.2, -0.15) is 0 Å². The summed E-state index contributed by atoms with van der Waals surface area (Å²) < 4.78 is 5.32. The van der Waals surface area contributed by atoms with Gasteiger partial charge in [-0.3, -0.25) is 4.79 Å². The number of halogens is 1. The van der Waals surface area contributed by atoms with Crippen LogP contribution in [0.1, 0.15) is 49.7 Å². The first-order valence-corrected chi connectivity index (χ1v) is 7.78. The summed E-state index contributed by atoms with van der Waals surface area (Å²) in [6.45, 7) is 8.42. The number of nitrogens with zero attached hydrogens (tertiary/aromatic N) is 1. The molecule has 0 saturated carbocycles. The summed E-state index contributed by atoms with van der Waals surface area (Å²) in [6.07, 6.45) is 2.01. The molecular formula is C16H23ClN2O2. The Morgan fingerprint density at radius 2 is 2.05 bits per heavy atom. The maximum atomic E-state index is 12.3. The lowest BCUT2D eigenvalue weighted by Gasteiger charge is -2.22. The maximum Gasteiger partial charge on any atom is 0.251 e. The smallest absolute Gasteiger partial charge is 0.251 e. The minimum absolute atomic E-state index is 0.0868. The van der Waals surface area contributed by atoms with Crippen LogP contribution in [0.2, 0.25) is 5.15 Å². The number of carbonyl (C=O) groups excluding carboxylic acids is 1. The zero-order valence-corrected chi connectivity index (χ0v) is 13.7. The van der Waals surface area contributed by atoms with Crippen LogP contribution >= 0.6 is 11.6 Å². The van der Waals surface area contributed by atoms with Crippen LogP contribution in [0.15, 0.2) is 12.1 Å². The van der Waals surface area contributed by atoms with Crippen molar-refractivity contribution >= 4 is 17.5 Å². The van der Waals surface area contributed by atoms with E-state index in [0.717, 1.165) is 31.7 Å². The fourth-order valence-corrected chi connectivity index (χ4v) is 2.51. The quantitative estimate of drug-likeness (QED) is 0.872. The average molecular weight is 311 g/mol. The molecule has 0 spiro atoms. The van der Waals surface area contributed by atoms with E-state index in [2.05, 4.69) is 31.1 Å². The second-order valence-corrected chi connectivity index (χ2v) is 6.97. The molecule has 116 valence electrons. The predicted octanol–water partition coefficient (Wildman–Crippen LogP) is 3.19. The zero-order valence-electron chi connectivity index (χ0n) is 12.9. The Hall–Kier alpha value is -1.13. The normalized spacial score (nSPS) is 16.8. The van der Waals surface area contributed by atoms with Gasteiger partial charge >= 0.3 is 0 Å². The summed E-state index contributed by atoms with van der Waals surface area (Å²) in [7, 11) is 0. The molecule has 5 heteroatoms.